The van der Waals surface area contributed by atoms with Gasteiger partial charge in [0.25, 0.3) is 0 Å². The maximum Gasteiger partial charge on any atom is 0.175 e. The Morgan fingerprint density at radius 3 is 1.20 bits per heavy atom. The molecule has 0 saturated carbocycles. The second-order valence-corrected chi connectivity index (χ2v) is 20.8. The summed E-state index contributed by atoms with van der Waals surface area (Å²) >= 11 is 0. The van der Waals surface area contributed by atoms with E-state index in [1.165, 1.54) is 0 Å². The van der Waals surface area contributed by atoms with Gasteiger partial charge in [-0.1, -0.05) is 145 Å². The molecule has 3 nitrogen and oxygen atoms in total. The Hall–Kier alpha value is -4.42. The van der Waals surface area contributed by atoms with Gasteiger partial charge in [-0.05, 0) is 69.5 Å². The maximum absolute atomic E-state index is 16.5. The van der Waals surface area contributed by atoms with E-state index in [0.717, 1.165) is 71.1 Å². The van der Waals surface area contributed by atoms with Crippen LogP contribution in [0.5, 0.6) is 0 Å². The first-order chi connectivity index (χ1) is 23.3. The van der Waals surface area contributed by atoms with Crippen molar-refractivity contribution < 1.29 is 9.13 Å². The first kappa shape index (κ1) is 31.8. The van der Waals surface area contributed by atoms with E-state index in [0.29, 0.717) is 0 Å². The molecule has 2 aliphatic rings. The van der Waals surface area contributed by atoms with Gasteiger partial charge in [0.2, 0.25) is 0 Å². The van der Waals surface area contributed by atoms with Crippen molar-refractivity contribution in [3.05, 3.63) is 151 Å². The predicted molar refractivity (Wildman–Crippen MR) is 210 cm³/mol. The Bertz CT molecular complexity index is 2210. The number of fused-ring (bicyclic) bond motifs is 4. The summed E-state index contributed by atoms with van der Waals surface area (Å²) in [6.45, 7) is 13.2. The predicted octanol–water partition coefficient (Wildman–Crippen LogP) is 9.32. The van der Waals surface area contributed by atoms with Crippen LogP contribution < -0.4 is 36.7 Å². The standard InChI is InChI=1S/C44H41NO2P2/c1-43(2,3)32-22-24-36-38(28-32)48(46,34-18-12-8-13-19-34)40-26-31(30-16-10-7-11-17-30)27-41-42(40)45(36)37-25-23-33(44(4,5)6)29-39(37)49(41,47)35-20-14-9-15-21-35/h7-29H,1-6H3. The molecule has 244 valence electrons. The molecule has 6 aromatic rings. The van der Waals surface area contributed by atoms with Crippen LogP contribution in [0.15, 0.2) is 140 Å². The molecule has 0 saturated heterocycles. The number of rotatable bonds is 3. The summed E-state index contributed by atoms with van der Waals surface area (Å²) < 4.78 is 33.0. The molecule has 0 aromatic heterocycles. The highest BCUT2D eigenvalue weighted by Crippen LogP contribution is 2.61. The summed E-state index contributed by atoms with van der Waals surface area (Å²) in [5.74, 6) is 0. The van der Waals surface area contributed by atoms with Gasteiger partial charge in [-0.3, -0.25) is 0 Å². The molecular weight excluding hydrogens is 636 g/mol. The molecule has 2 atom stereocenters. The summed E-state index contributed by atoms with van der Waals surface area (Å²) in [5, 5.41) is 4.65. The van der Waals surface area contributed by atoms with E-state index in [9.17, 15) is 0 Å². The van der Waals surface area contributed by atoms with Gasteiger partial charge in [-0.2, -0.15) is 0 Å². The van der Waals surface area contributed by atoms with Crippen molar-refractivity contribution in [2.24, 2.45) is 0 Å². The molecule has 0 aliphatic carbocycles. The minimum absolute atomic E-state index is 0.154. The van der Waals surface area contributed by atoms with Crippen LogP contribution in [0.1, 0.15) is 52.7 Å². The lowest BCUT2D eigenvalue weighted by atomic mass is 9.86. The molecule has 2 aliphatic heterocycles. The largest absolute Gasteiger partial charge is 0.308 e. The van der Waals surface area contributed by atoms with Gasteiger partial charge in [0, 0.05) is 31.8 Å². The monoisotopic (exact) mass is 677 g/mol. The molecule has 0 fully saturated rings. The fourth-order valence-electron chi connectivity index (χ4n) is 7.44. The first-order valence-electron chi connectivity index (χ1n) is 17.0. The third-order valence-corrected chi connectivity index (χ3v) is 16.3. The first-order valence-corrected chi connectivity index (χ1v) is 20.4. The molecule has 5 heteroatoms. The van der Waals surface area contributed by atoms with Gasteiger partial charge in [0.1, 0.15) is 0 Å². The topological polar surface area (TPSA) is 37.4 Å². The van der Waals surface area contributed by atoms with Crippen molar-refractivity contribution in [3.8, 4) is 11.1 Å². The number of hydrogen-bond acceptors (Lipinski definition) is 3. The molecule has 8 rings (SSSR count). The van der Waals surface area contributed by atoms with Gasteiger partial charge in [-0.15, -0.1) is 0 Å². The maximum atomic E-state index is 16.5. The van der Waals surface area contributed by atoms with Crippen LogP contribution in [0, 0.1) is 0 Å². The summed E-state index contributed by atoms with van der Waals surface area (Å²) in [5.41, 5.74) is 6.39. The zero-order valence-corrected chi connectivity index (χ0v) is 30.7. The van der Waals surface area contributed by atoms with E-state index in [1.54, 1.807) is 0 Å². The van der Waals surface area contributed by atoms with Crippen molar-refractivity contribution in [2.75, 3.05) is 4.90 Å². The van der Waals surface area contributed by atoms with Crippen LogP contribution in [0.3, 0.4) is 0 Å². The van der Waals surface area contributed by atoms with Gasteiger partial charge in [-0.25, -0.2) is 0 Å². The second-order valence-electron chi connectivity index (χ2n) is 15.4. The number of hydrogen-bond donors (Lipinski definition) is 0. The molecule has 2 heterocycles. The van der Waals surface area contributed by atoms with Gasteiger partial charge < -0.3 is 14.0 Å². The van der Waals surface area contributed by atoms with E-state index in [4.69, 9.17) is 0 Å². The molecule has 49 heavy (non-hydrogen) atoms. The smallest absolute Gasteiger partial charge is 0.175 e. The Labute approximate surface area is 290 Å². The molecular formula is C44H41NO2P2. The zero-order chi connectivity index (χ0) is 34.3. The van der Waals surface area contributed by atoms with Crippen molar-refractivity contribution in [1.29, 1.82) is 0 Å². The quantitative estimate of drug-likeness (QED) is 0.175. The minimum Gasteiger partial charge on any atom is -0.308 e. The Balaban J connectivity index is 1.59. The lowest BCUT2D eigenvalue weighted by Crippen LogP contribution is -2.46. The lowest BCUT2D eigenvalue weighted by Gasteiger charge is -2.45. The zero-order valence-electron chi connectivity index (χ0n) is 28.9. The van der Waals surface area contributed by atoms with Gasteiger partial charge in [0.05, 0.1) is 17.1 Å². The molecule has 0 amide bonds. The normalized spacial score (nSPS) is 19.5. The third-order valence-electron chi connectivity index (χ3n) is 10.2. The van der Waals surface area contributed by atoms with E-state index in [-0.39, 0.29) is 10.8 Å². The Kier molecular flexibility index (Phi) is 7.17. The molecule has 0 spiro atoms. The number of anilines is 3. The van der Waals surface area contributed by atoms with Crippen LogP contribution in [0.25, 0.3) is 11.1 Å². The van der Waals surface area contributed by atoms with Crippen LogP contribution in [0.2, 0.25) is 0 Å². The second kappa shape index (κ2) is 11.0. The molecule has 6 aromatic carbocycles. The average molecular weight is 678 g/mol. The fourth-order valence-corrected chi connectivity index (χ4v) is 13.7. The van der Waals surface area contributed by atoms with Crippen LogP contribution in [0.4, 0.5) is 17.1 Å². The Morgan fingerprint density at radius 1 is 0.429 bits per heavy atom. The van der Waals surface area contributed by atoms with E-state index in [1.807, 2.05) is 78.9 Å². The van der Waals surface area contributed by atoms with E-state index < -0.39 is 14.3 Å². The molecule has 0 radical (unpaired) electrons. The van der Waals surface area contributed by atoms with Crippen LogP contribution in [-0.4, -0.2) is 0 Å². The number of nitrogens with zero attached hydrogens (tertiary/aromatic N) is 1. The third kappa shape index (κ3) is 4.78. The average Bonchev–Trinajstić information content (AvgIpc) is 3.11. The Morgan fingerprint density at radius 2 is 0.816 bits per heavy atom. The SMILES string of the molecule is CC(C)(C)c1ccc2c(c1)P(=O)(c1ccccc1)c1cc(-c3ccccc3)cc3c1N2c1ccc(C(C)(C)C)cc1P3(=O)c1ccccc1. The summed E-state index contributed by atoms with van der Waals surface area (Å²) in [6.07, 6.45) is 0. The summed E-state index contributed by atoms with van der Waals surface area (Å²) in [6, 6.07) is 47.2. The lowest BCUT2D eigenvalue weighted by molar-refractivity contribution is 0.588. The van der Waals surface area contributed by atoms with Crippen molar-refractivity contribution in [1.82, 2.24) is 0 Å². The molecule has 0 N–H and O–H groups in total. The summed E-state index contributed by atoms with van der Waals surface area (Å²) in [7, 11) is -6.98. The minimum atomic E-state index is -3.49. The van der Waals surface area contributed by atoms with Gasteiger partial charge >= 0.3 is 0 Å². The molecule has 2 unspecified atom stereocenters. The van der Waals surface area contributed by atoms with Crippen LogP contribution >= 0.6 is 14.3 Å². The van der Waals surface area contributed by atoms with Crippen molar-refractivity contribution >= 4 is 63.2 Å². The highest BCUT2D eigenvalue weighted by molar-refractivity contribution is 7.88. The highest BCUT2D eigenvalue weighted by atomic mass is 31.2. The van der Waals surface area contributed by atoms with Crippen molar-refractivity contribution in [2.45, 2.75) is 52.4 Å². The fraction of sp³-hybridized carbons (Fsp3) is 0.182. The van der Waals surface area contributed by atoms with Gasteiger partial charge in [0.15, 0.2) is 14.3 Å². The van der Waals surface area contributed by atoms with Crippen molar-refractivity contribution in [3.63, 3.8) is 0 Å². The van der Waals surface area contributed by atoms with E-state index >= 15 is 9.13 Å². The summed E-state index contributed by atoms with van der Waals surface area (Å²) in [4.78, 5) is 2.27. The van der Waals surface area contributed by atoms with E-state index in [2.05, 4.69) is 107 Å². The van der Waals surface area contributed by atoms with Crippen LogP contribution in [-0.2, 0) is 20.0 Å². The number of benzene rings is 6. The molecule has 0 bridgehead atoms. The highest BCUT2D eigenvalue weighted by Gasteiger charge is 2.50.